The van der Waals surface area contributed by atoms with Crippen LogP contribution >= 0.6 is 0 Å². The van der Waals surface area contributed by atoms with Crippen LogP contribution < -0.4 is 5.73 Å². The maximum atomic E-state index is 10.8. The van der Waals surface area contributed by atoms with Gasteiger partial charge in [-0.2, -0.15) is 0 Å². The van der Waals surface area contributed by atoms with Gasteiger partial charge >= 0.3 is 5.97 Å². The van der Waals surface area contributed by atoms with Gasteiger partial charge < -0.3 is 10.8 Å². The summed E-state index contributed by atoms with van der Waals surface area (Å²) in [6.07, 6.45) is 2.31. The third-order valence-corrected chi connectivity index (χ3v) is 2.61. The summed E-state index contributed by atoms with van der Waals surface area (Å²) in [6, 6.07) is 6.68. The maximum absolute atomic E-state index is 10.8. The zero-order chi connectivity index (χ0) is 10.1. The Bertz CT molecular complexity index is 358. The monoisotopic (exact) mass is 191 g/mol. The largest absolute Gasteiger partial charge is 0.480 e. The SMILES string of the molecule is NC(C(=O)O)c1ccccc1C1CC1. The highest BCUT2D eigenvalue weighted by atomic mass is 16.4. The number of hydrogen-bond acceptors (Lipinski definition) is 2. The molecule has 3 N–H and O–H groups in total. The molecule has 2 rings (SSSR count). The fraction of sp³-hybridized carbons (Fsp3) is 0.364. The van der Waals surface area contributed by atoms with E-state index in [-0.39, 0.29) is 0 Å². The summed E-state index contributed by atoms with van der Waals surface area (Å²) in [6.45, 7) is 0. The van der Waals surface area contributed by atoms with Gasteiger partial charge in [-0.05, 0) is 29.9 Å². The fourth-order valence-corrected chi connectivity index (χ4v) is 1.69. The lowest BCUT2D eigenvalue weighted by atomic mass is 9.98. The summed E-state index contributed by atoms with van der Waals surface area (Å²) in [4.78, 5) is 10.8. The van der Waals surface area contributed by atoms with E-state index in [1.54, 1.807) is 0 Å². The van der Waals surface area contributed by atoms with Gasteiger partial charge in [-0.1, -0.05) is 24.3 Å². The molecule has 1 atom stereocenters. The van der Waals surface area contributed by atoms with Gasteiger partial charge in [0.1, 0.15) is 6.04 Å². The molecule has 1 aliphatic rings. The quantitative estimate of drug-likeness (QED) is 0.763. The number of carboxylic acids is 1. The molecule has 0 saturated heterocycles. The average Bonchev–Trinajstić information content (AvgIpc) is 3.00. The topological polar surface area (TPSA) is 63.3 Å². The standard InChI is InChI=1S/C11H13NO2/c12-10(11(13)14)9-4-2-1-3-8(9)7-5-6-7/h1-4,7,10H,5-6,12H2,(H,13,14). The highest BCUT2D eigenvalue weighted by molar-refractivity contribution is 5.76. The van der Waals surface area contributed by atoms with Gasteiger partial charge in [-0.3, -0.25) is 4.79 Å². The Morgan fingerprint density at radius 1 is 1.43 bits per heavy atom. The first-order valence-corrected chi connectivity index (χ1v) is 4.77. The van der Waals surface area contributed by atoms with Gasteiger partial charge in [0.25, 0.3) is 0 Å². The van der Waals surface area contributed by atoms with Crippen molar-refractivity contribution in [3.05, 3.63) is 35.4 Å². The molecule has 1 unspecified atom stereocenters. The summed E-state index contributed by atoms with van der Waals surface area (Å²) >= 11 is 0. The Morgan fingerprint density at radius 2 is 2.07 bits per heavy atom. The number of nitrogens with two attached hydrogens (primary N) is 1. The predicted molar refractivity (Wildman–Crippen MR) is 53.0 cm³/mol. The van der Waals surface area contributed by atoms with Gasteiger partial charge in [0.2, 0.25) is 0 Å². The molecule has 1 aliphatic carbocycles. The van der Waals surface area contributed by atoms with Crippen molar-refractivity contribution in [2.24, 2.45) is 5.73 Å². The fourth-order valence-electron chi connectivity index (χ4n) is 1.69. The third-order valence-electron chi connectivity index (χ3n) is 2.61. The second-order valence-electron chi connectivity index (χ2n) is 3.72. The number of aliphatic carboxylic acids is 1. The normalized spacial score (nSPS) is 17.8. The van der Waals surface area contributed by atoms with E-state index >= 15 is 0 Å². The molecular weight excluding hydrogens is 178 g/mol. The Morgan fingerprint density at radius 3 is 2.64 bits per heavy atom. The number of rotatable bonds is 3. The second-order valence-corrected chi connectivity index (χ2v) is 3.72. The number of benzene rings is 1. The van der Waals surface area contributed by atoms with Crippen molar-refractivity contribution in [2.75, 3.05) is 0 Å². The second kappa shape index (κ2) is 3.42. The Kier molecular flexibility index (Phi) is 2.25. The van der Waals surface area contributed by atoms with Crippen LogP contribution in [0.4, 0.5) is 0 Å². The minimum atomic E-state index is -0.960. The van der Waals surface area contributed by atoms with Gasteiger partial charge in [-0.15, -0.1) is 0 Å². The van der Waals surface area contributed by atoms with Crippen molar-refractivity contribution in [1.29, 1.82) is 0 Å². The Hall–Kier alpha value is -1.35. The lowest BCUT2D eigenvalue weighted by Crippen LogP contribution is -2.21. The molecule has 1 aromatic carbocycles. The van der Waals surface area contributed by atoms with Crippen molar-refractivity contribution < 1.29 is 9.90 Å². The first kappa shape index (κ1) is 9.21. The highest BCUT2D eigenvalue weighted by Gasteiger charge is 2.28. The molecule has 0 amide bonds. The van der Waals surface area contributed by atoms with Crippen LogP contribution in [-0.2, 0) is 4.79 Å². The van der Waals surface area contributed by atoms with Gasteiger partial charge in [-0.25, -0.2) is 0 Å². The Balaban J connectivity index is 2.35. The molecule has 1 aromatic rings. The van der Waals surface area contributed by atoms with Crippen molar-refractivity contribution in [3.8, 4) is 0 Å². The van der Waals surface area contributed by atoms with E-state index in [9.17, 15) is 4.79 Å². The molecule has 3 nitrogen and oxygen atoms in total. The molecule has 0 spiro atoms. The van der Waals surface area contributed by atoms with Crippen LogP contribution in [0.25, 0.3) is 0 Å². The van der Waals surface area contributed by atoms with E-state index in [0.29, 0.717) is 5.92 Å². The lowest BCUT2D eigenvalue weighted by molar-refractivity contribution is -0.138. The number of carbonyl (C=O) groups is 1. The van der Waals surface area contributed by atoms with Gasteiger partial charge in [0, 0.05) is 0 Å². The van der Waals surface area contributed by atoms with E-state index in [0.717, 1.165) is 24.0 Å². The molecule has 0 bridgehead atoms. The molecule has 0 aromatic heterocycles. The first-order chi connectivity index (χ1) is 6.70. The summed E-state index contributed by atoms with van der Waals surface area (Å²) in [5, 5.41) is 8.84. The Labute approximate surface area is 82.5 Å². The third kappa shape index (κ3) is 1.63. The van der Waals surface area contributed by atoms with Crippen molar-refractivity contribution >= 4 is 5.97 Å². The van der Waals surface area contributed by atoms with Crippen molar-refractivity contribution in [1.82, 2.24) is 0 Å². The maximum Gasteiger partial charge on any atom is 0.325 e. The highest BCUT2D eigenvalue weighted by Crippen LogP contribution is 2.42. The van der Waals surface area contributed by atoms with Gasteiger partial charge in [0.05, 0.1) is 0 Å². The van der Waals surface area contributed by atoms with E-state index in [4.69, 9.17) is 10.8 Å². The summed E-state index contributed by atoms with van der Waals surface area (Å²) in [5.74, 6) is -0.422. The zero-order valence-electron chi connectivity index (χ0n) is 7.81. The van der Waals surface area contributed by atoms with E-state index in [2.05, 4.69) is 0 Å². The van der Waals surface area contributed by atoms with Crippen LogP contribution in [0, 0.1) is 0 Å². The van der Waals surface area contributed by atoms with E-state index in [1.165, 1.54) is 0 Å². The minimum absolute atomic E-state index is 0.539. The molecule has 0 aliphatic heterocycles. The van der Waals surface area contributed by atoms with Crippen molar-refractivity contribution in [3.63, 3.8) is 0 Å². The molecule has 0 heterocycles. The van der Waals surface area contributed by atoms with Crippen LogP contribution in [-0.4, -0.2) is 11.1 Å². The zero-order valence-corrected chi connectivity index (χ0v) is 7.81. The van der Waals surface area contributed by atoms with Crippen molar-refractivity contribution in [2.45, 2.75) is 24.8 Å². The van der Waals surface area contributed by atoms with Gasteiger partial charge in [0.15, 0.2) is 0 Å². The summed E-state index contributed by atoms with van der Waals surface area (Å²) in [7, 11) is 0. The summed E-state index contributed by atoms with van der Waals surface area (Å²) < 4.78 is 0. The molecule has 1 fully saturated rings. The van der Waals surface area contributed by atoms with Crippen LogP contribution in [0.1, 0.15) is 35.9 Å². The first-order valence-electron chi connectivity index (χ1n) is 4.77. The van der Waals surface area contributed by atoms with Crippen LogP contribution in [0.2, 0.25) is 0 Å². The van der Waals surface area contributed by atoms with Crippen LogP contribution in [0.3, 0.4) is 0 Å². The van der Waals surface area contributed by atoms with Crippen LogP contribution in [0.5, 0.6) is 0 Å². The summed E-state index contributed by atoms with van der Waals surface area (Å²) in [5.41, 5.74) is 7.48. The number of carboxylic acid groups (broad SMARTS) is 1. The smallest absolute Gasteiger partial charge is 0.325 e. The molecular formula is C11H13NO2. The van der Waals surface area contributed by atoms with E-state index < -0.39 is 12.0 Å². The molecule has 3 heteroatoms. The molecule has 1 saturated carbocycles. The van der Waals surface area contributed by atoms with E-state index in [1.807, 2.05) is 24.3 Å². The number of hydrogen-bond donors (Lipinski definition) is 2. The minimum Gasteiger partial charge on any atom is -0.480 e. The predicted octanol–water partition coefficient (Wildman–Crippen LogP) is 1.65. The molecule has 14 heavy (non-hydrogen) atoms. The van der Waals surface area contributed by atoms with Crippen LogP contribution in [0.15, 0.2) is 24.3 Å². The average molecular weight is 191 g/mol. The molecule has 74 valence electrons. The lowest BCUT2D eigenvalue weighted by Gasteiger charge is -2.11. The molecule has 0 radical (unpaired) electrons.